The van der Waals surface area contributed by atoms with Crippen molar-refractivity contribution in [2.45, 2.75) is 31.4 Å². The Morgan fingerprint density at radius 3 is 1.15 bits per heavy atom. The molecule has 2 aliphatic rings. The van der Waals surface area contributed by atoms with Crippen molar-refractivity contribution in [3.8, 4) is 0 Å². The maximum absolute atomic E-state index is 11.9. The molecule has 0 aromatic heterocycles. The van der Waals surface area contributed by atoms with Crippen LogP contribution in [0.25, 0.3) is 11.1 Å². The molecule has 24 nitrogen and oxygen atoms in total. The molecule has 0 amide bonds. The zero-order chi connectivity index (χ0) is 63.6. The zero-order valence-corrected chi connectivity index (χ0v) is 55.4. The van der Waals surface area contributed by atoms with Crippen LogP contribution in [0, 0.1) is 5.41 Å². The first-order chi connectivity index (χ1) is 40.5. The van der Waals surface area contributed by atoms with E-state index in [9.17, 15) is 77.8 Å². The monoisotopic (exact) mass is 1340 g/mol. The fourth-order valence-electron chi connectivity index (χ4n) is 8.66. The molecular formula is C57H46N6Na2O18S6. The minimum Gasteiger partial charge on any atom is -0.744 e. The topological polar surface area (TPSA) is 444 Å². The Bertz CT molecular complexity index is 4680. The molecule has 2 aliphatic carbocycles. The van der Waals surface area contributed by atoms with Crippen LogP contribution in [0.5, 0.6) is 0 Å². The van der Waals surface area contributed by atoms with E-state index in [0.29, 0.717) is 28.5 Å². The van der Waals surface area contributed by atoms with E-state index in [1.807, 2.05) is 60.7 Å². The molecular weight excluding hydrogens is 1300 g/mol. The van der Waals surface area contributed by atoms with Crippen molar-refractivity contribution in [3.05, 3.63) is 238 Å². The summed E-state index contributed by atoms with van der Waals surface area (Å²) in [5.74, 6) is 0. The third-order valence-electron chi connectivity index (χ3n) is 12.8. The molecule has 0 spiro atoms. The molecule has 7 aromatic rings. The number of aliphatic imine (C=N–C) groups is 1. The number of nitrogens with one attached hydrogen (secondary N) is 3. The number of nitrogen functional groups attached to an aromatic ring is 2. The van der Waals surface area contributed by atoms with Gasteiger partial charge in [-0.05, 0) is 203 Å². The summed E-state index contributed by atoms with van der Waals surface area (Å²) in [6.07, 6.45) is 9.69. The molecule has 9 rings (SSSR count). The van der Waals surface area contributed by atoms with E-state index >= 15 is 0 Å². The van der Waals surface area contributed by atoms with E-state index in [1.165, 1.54) is 97.9 Å². The second kappa shape index (κ2) is 28.0. The Morgan fingerprint density at radius 1 is 0.438 bits per heavy atom. The molecule has 0 unspecified atom stereocenters. The number of anilines is 6. The van der Waals surface area contributed by atoms with Crippen LogP contribution in [0.15, 0.2) is 245 Å². The van der Waals surface area contributed by atoms with Crippen LogP contribution in [-0.4, -0.2) is 89.2 Å². The van der Waals surface area contributed by atoms with E-state index in [2.05, 4.69) is 15.6 Å². The van der Waals surface area contributed by atoms with E-state index < -0.39 is 81.1 Å². The smallest absolute Gasteiger partial charge is 0.744 e. The second-order valence-corrected chi connectivity index (χ2v) is 27.2. The van der Waals surface area contributed by atoms with Gasteiger partial charge in [0.15, 0.2) is 0 Å². The maximum Gasteiger partial charge on any atom is 1.00 e. The molecule has 0 bridgehead atoms. The van der Waals surface area contributed by atoms with Crippen LogP contribution in [-0.2, 0) is 60.7 Å². The summed E-state index contributed by atoms with van der Waals surface area (Å²) in [7, 11) is -27.9. The number of nitrogens with zero attached hydrogens (tertiary/aromatic N) is 1. The minimum atomic E-state index is -4.87. The predicted molar refractivity (Wildman–Crippen MR) is 324 cm³/mol. The van der Waals surface area contributed by atoms with E-state index in [0.717, 1.165) is 58.3 Å². The van der Waals surface area contributed by atoms with Gasteiger partial charge in [0.1, 0.15) is 34.9 Å². The van der Waals surface area contributed by atoms with Gasteiger partial charge in [-0.3, -0.25) is 23.6 Å². The van der Waals surface area contributed by atoms with E-state index in [-0.39, 0.29) is 113 Å². The third-order valence-corrected chi connectivity index (χ3v) is 18.0. The van der Waals surface area contributed by atoms with Gasteiger partial charge in [-0.25, -0.2) is 21.8 Å². The first-order valence-corrected chi connectivity index (χ1v) is 33.2. The number of rotatable bonds is 15. The van der Waals surface area contributed by atoms with Crippen molar-refractivity contribution in [2.75, 3.05) is 22.1 Å². The predicted octanol–water partition coefficient (Wildman–Crippen LogP) is 2.83. The average Bonchev–Trinajstić information content (AvgIpc) is 1.50. The molecule has 11 N–H and O–H groups in total. The number of allylic oxidation sites excluding steroid dienone is 10. The Morgan fingerprint density at radius 2 is 0.787 bits per heavy atom. The Hall–Kier alpha value is -7.02. The summed E-state index contributed by atoms with van der Waals surface area (Å²) in [5.41, 5.74) is 17.5. The first-order valence-electron chi connectivity index (χ1n) is 24.6. The normalized spacial score (nSPS) is 13.6. The standard InChI is InChI=1S/C37H29N3O9S3.C20H19N3O9S3.2Na/c41-50(42,43)34-19-13-31(14-20-34)38-28-7-1-25(2-8-28)37(26-3-9-29(10-4-26)39-32-15-21-35(22-16-32)51(44,45)46)27-5-11-30(12-6-27)40-33-17-23-36(24-18-33)52(47,48)49;1-10-6-13(9-18(20(10)23)35(30,31)32)19(11-2-4-14(21)16(7-11)33(24,25)26)12-3-5-15(22)17(8-12)34(27,28)29;;/h1-24,38-39H,(H,41,42,43)(H,44,45,46)(H,47,48,49);2-9,23H,21-22H2,1H3,(H,24,25,26)(H,27,28,29)(H,30,31,32);;/q;;2*+1/p-2. The fourth-order valence-corrected chi connectivity index (χ4v) is 12.1. The van der Waals surface area contributed by atoms with Gasteiger partial charge in [-0.15, -0.1) is 0 Å². The molecule has 0 saturated carbocycles. The first kappa shape index (κ1) is 71.1. The summed E-state index contributed by atoms with van der Waals surface area (Å²) >= 11 is 0. The van der Waals surface area contributed by atoms with Crippen molar-refractivity contribution in [3.63, 3.8) is 0 Å². The molecule has 0 atom stereocenters. The van der Waals surface area contributed by atoms with Crippen LogP contribution in [0.2, 0.25) is 0 Å². The van der Waals surface area contributed by atoms with E-state index in [1.54, 1.807) is 12.2 Å². The number of benzene rings is 7. The van der Waals surface area contributed by atoms with Crippen LogP contribution in [0.3, 0.4) is 0 Å². The van der Waals surface area contributed by atoms with Gasteiger partial charge in [-0.2, -0.15) is 33.7 Å². The van der Waals surface area contributed by atoms with Gasteiger partial charge < -0.3 is 31.2 Å². The number of hydrogen-bond donors (Lipinski definition) is 9. The van der Waals surface area contributed by atoms with Gasteiger partial charge in [-0.1, -0.05) is 48.6 Å². The van der Waals surface area contributed by atoms with Crippen LogP contribution in [0.4, 0.5) is 39.8 Å². The number of nitrogens with two attached hydrogens (primary N) is 2. The molecule has 32 heteroatoms. The Labute approximate surface area is 556 Å². The summed E-state index contributed by atoms with van der Waals surface area (Å²) in [4.78, 5) is 1.53. The molecule has 89 heavy (non-hydrogen) atoms. The van der Waals surface area contributed by atoms with Gasteiger partial charge in [0, 0.05) is 22.7 Å². The van der Waals surface area contributed by atoms with Crippen molar-refractivity contribution in [1.29, 1.82) is 5.41 Å². The molecule has 450 valence electrons. The summed E-state index contributed by atoms with van der Waals surface area (Å²) < 4.78 is 199. The van der Waals surface area contributed by atoms with Crippen LogP contribution in [0.1, 0.15) is 29.2 Å². The minimum absolute atomic E-state index is 0. The average molecular weight is 1340 g/mol. The molecule has 7 aromatic carbocycles. The van der Waals surface area contributed by atoms with Crippen LogP contribution < -0.4 is 81.2 Å². The molecule has 0 aliphatic heterocycles. The quantitative estimate of drug-likeness (QED) is 0.0405. The SMILES string of the molecule is CC1=CC(=C(c2ccc(N)c(S(=O)(=O)O)c2)c2ccc(N)c(S(=O)(=O)O)c2)C=C(S(=O)(=O)O)C1=N.O=S(=O)([O-])c1ccc(N=C2C=CC(=C(c3ccc(Nc4ccc(S(=O)(=O)[O-])cc4)cc3)c3ccc(Nc4ccc(S(=O)(=O)O)cc4)cc3)C=C2)cc1.[Na+].[Na+]. The fraction of sp³-hybridized carbons (Fsp3) is 0.0175. The van der Waals surface area contributed by atoms with Crippen molar-refractivity contribution in [1.82, 2.24) is 0 Å². The van der Waals surface area contributed by atoms with Crippen molar-refractivity contribution < 1.29 is 137 Å². The van der Waals surface area contributed by atoms with Gasteiger partial charge >= 0.3 is 59.1 Å². The Kier molecular flexibility index (Phi) is 22.4. The zero-order valence-electron chi connectivity index (χ0n) is 46.5. The molecule has 0 fully saturated rings. The van der Waals surface area contributed by atoms with Crippen molar-refractivity contribution in [2.24, 2.45) is 4.99 Å². The summed E-state index contributed by atoms with van der Waals surface area (Å²) in [6.45, 7) is 1.39. The molecule has 0 heterocycles. The molecule has 0 saturated heterocycles. The van der Waals surface area contributed by atoms with E-state index in [4.69, 9.17) is 16.9 Å². The van der Waals surface area contributed by atoms with Gasteiger partial charge in [0.25, 0.3) is 40.5 Å². The number of hydrogen-bond acceptors (Lipinski definition) is 20. The van der Waals surface area contributed by atoms with Gasteiger partial charge in [0.05, 0.1) is 43.2 Å². The second-order valence-electron chi connectivity index (χ2n) is 18.8. The van der Waals surface area contributed by atoms with Crippen molar-refractivity contribution >= 4 is 123 Å². The van der Waals surface area contributed by atoms with Gasteiger partial charge in [0.2, 0.25) is 0 Å². The summed E-state index contributed by atoms with van der Waals surface area (Å²) in [5, 5.41) is 14.4. The Balaban J connectivity index is 0.000000299. The maximum atomic E-state index is 11.9. The summed E-state index contributed by atoms with van der Waals surface area (Å²) in [6, 6.07) is 38.5. The third kappa shape index (κ3) is 18.1. The largest absolute Gasteiger partial charge is 1.00 e. The van der Waals surface area contributed by atoms with Crippen LogP contribution >= 0.6 is 0 Å². The molecule has 0 radical (unpaired) electrons.